The molecule has 1 heterocycles. The number of hydrogen-bond donors (Lipinski definition) is 1. The van der Waals surface area contributed by atoms with Crippen molar-refractivity contribution >= 4 is 17.1 Å². The van der Waals surface area contributed by atoms with Crippen LogP contribution in [0.15, 0.2) is 60.8 Å². The van der Waals surface area contributed by atoms with Gasteiger partial charge >= 0.3 is 0 Å². The summed E-state index contributed by atoms with van der Waals surface area (Å²) >= 11 is 0. The van der Waals surface area contributed by atoms with Crippen LogP contribution in [-0.4, -0.2) is 10.9 Å². The SMILES string of the molecule is N=c1ccccn1C1(C=O)Cc2cc3ccccc3cc2C1. The molecule has 2 aromatic carbocycles. The molecule has 0 aliphatic heterocycles. The van der Waals surface area contributed by atoms with Crippen LogP contribution < -0.4 is 5.49 Å². The zero-order chi connectivity index (χ0) is 15.2. The van der Waals surface area contributed by atoms with Crippen LogP contribution in [0.2, 0.25) is 0 Å². The number of aldehydes is 1. The van der Waals surface area contributed by atoms with Crippen molar-refractivity contribution in [2.45, 2.75) is 18.4 Å². The van der Waals surface area contributed by atoms with Gasteiger partial charge in [0.25, 0.3) is 0 Å². The number of rotatable bonds is 2. The van der Waals surface area contributed by atoms with Crippen molar-refractivity contribution < 1.29 is 4.79 Å². The normalized spacial score (nSPS) is 15.6. The highest BCUT2D eigenvalue weighted by Gasteiger charge is 2.39. The minimum absolute atomic E-state index is 0.368. The predicted octanol–water partition coefficient (Wildman–Crippen LogP) is 2.81. The summed E-state index contributed by atoms with van der Waals surface area (Å²) in [6.45, 7) is 0. The molecule has 4 rings (SSSR count). The van der Waals surface area contributed by atoms with Gasteiger partial charge in [-0.15, -0.1) is 0 Å². The number of carbonyl (C=O) groups is 1. The highest BCUT2D eigenvalue weighted by Crippen LogP contribution is 2.36. The van der Waals surface area contributed by atoms with Gasteiger partial charge in [0, 0.05) is 19.0 Å². The van der Waals surface area contributed by atoms with Crippen LogP contribution in [0.3, 0.4) is 0 Å². The van der Waals surface area contributed by atoms with E-state index in [1.807, 2.05) is 30.5 Å². The van der Waals surface area contributed by atoms with Crippen LogP contribution in [0.25, 0.3) is 10.8 Å². The van der Waals surface area contributed by atoms with Crippen LogP contribution in [0.4, 0.5) is 0 Å². The van der Waals surface area contributed by atoms with Gasteiger partial charge in [0.2, 0.25) is 0 Å². The number of nitrogens with one attached hydrogen (secondary N) is 1. The molecule has 3 heteroatoms. The van der Waals surface area contributed by atoms with Gasteiger partial charge in [-0.3, -0.25) is 5.41 Å². The van der Waals surface area contributed by atoms with Crippen LogP contribution in [0.5, 0.6) is 0 Å². The summed E-state index contributed by atoms with van der Waals surface area (Å²) in [5, 5.41) is 10.5. The Morgan fingerprint density at radius 1 is 0.955 bits per heavy atom. The average molecular weight is 288 g/mol. The first kappa shape index (κ1) is 13.0. The van der Waals surface area contributed by atoms with Crippen molar-refractivity contribution in [1.29, 1.82) is 5.41 Å². The third kappa shape index (κ3) is 1.82. The standard InChI is InChI=1S/C19H16N2O/c20-18-7-3-4-8-21(18)19(13-22)11-16-9-14-5-1-2-6-15(14)10-17(16)12-19/h1-10,13,20H,11-12H2. The number of carbonyl (C=O) groups excluding carboxylic acids is 1. The van der Waals surface area contributed by atoms with E-state index in [1.165, 1.54) is 21.9 Å². The fourth-order valence-electron chi connectivity index (χ4n) is 3.53. The Morgan fingerprint density at radius 3 is 2.09 bits per heavy atom. The van der Waals surface area contributed by atoms with Gasteiger partial charge in [-0.2, -0.15) is 0 Å². The fourth-order valence-corrected chi connectivity index (χ4v) is 3.53. The van der Waals surface area contributed by atoms with Crippen molar-refractivity contribution in [2.24, 2.45) is 0 Å². The Kier molecular flexibility index (Phi) is 2.76. The molecule has 0 fully saturated rings. The van der Waals surface area contributed by atoms with Gasteiger partial charge in [-0.25, -0.2) is 0 Å². The molecule has 1 aromatic heterocycles. The minimum Gasteiger partial charge on any atom is -0.320 e. The molecular weight excluding hydrogens is 272 g/mol. The molecular formula is C19H16N2O. The van der Waals surface area contributed by atoms with Crippen LogP contribution in [0, 0.1) is 5.41 Å². The molecule has 0 atom stereocenters. The van der Waals surface area contributed by atoms with Crippen molar-refractivity contribution in [3.63, 3.8) is 0 Å². The maximum atomic E-state index is 11.9. The number of pyridine rings is 1. The molecule has 3 nitrogen and oxygen atoms in total. The second-order valence-corrected chi connectivity index (χ2v) is 6.00. The largest absolute Gasteiger partial charge is 0.320 e. The molecule has 3 aromatic rings. The van der Waals surface area contributed by atoms with E-state index in [-0.39, 0.29) is 0 Å². The average Bonchev–Trinajstić information content (AvgIpc) is 2.91. The zero-order valence-electron chi connectivity index (χ0n) is 12.1. The van der Waals surface area contributed by atoms with Crippen molar-refractivity contribution in [3.8, 4) is 0 Å². The van der Waals surface area contributed by atoms with Gasteiger partial charge in [-0.05, 0) is 34.0 Å². The third-order valence-electron chi connectivity index (χ3n) is 4.62. The number of benzene rings is 2. The third-order valence-corrected chi connectivity index (χ3v) is 4.62. The molecule has 0 radical (unpaired) electrons. The first-order valence-corrected chi connectivity index (χ1v) is 7.41. The molecule has 0 spiro atoms. The first-order chi connectivity index (χ1) is 10.7. The van der Waals surface area contributed by atoms with Crippen LogP contribution >= 0.6 is 0 Å². The zero-order valence-corrected chi connectivity index (χ0v) is 12.1. The molecule has 1 N–H and O–H groups in total. The van der Waals surface area contributed by atoms with E-state index in [2.05, 4.69) is 24.3 Å². The molecule has 0 bridgehead atoms. The van der Waals surface area contributed by atoms with Crippen molar-refractivity contribution in [3.05, 3.63) is 77.4 Å². The maximum Gasteiger partial charge on any atom is 0.146 e. The molecule has 1 aliphatic rings. The molecule has 1 aliphatic carbocycles. The van der Waals surface area contributed by atoms with Gasteiger partial charge in [0.15, 0.2) is 0 Å². The lowest BCUT2D eigenvalue weighted by Gasteiger charge is -2.26. The van der Waals surface area contributed by atoms with Gasteiger partial charge < -0.3 is 9.36 Å². The summed E-state index contributed by atoms with van der Waals surface area (Å²) in [5.41, 5.74) is 2.12. The highest BCUT2D eigenvalue weighted by molar-refractivity contribution is 5.85. The van der Waals surface area contributed by atoms with Crippen molar-refractivity contribution in [1.82, 2.24) is 4.57 Å². The number of aromatic nitrogens is 1. The topological polar surface area (TPSA) is 45.9 Å². The van der Waals surface area contributed by atoms with E-state index >= 15 is 0 Å². The summed E-state index contributed by atoms with van der Waals surface area (Å²) in [6, 6.07) is 18.1. The lowest BCUT2D eigenvalue weighted by Crippen LogP contribution is -2.42. The Morgan fingerprint density at radius 2 is 1.55 bits per heavy atom. The van der Waals surface area contributed by atoms with E-state index in [0.717, 1.165) is 6.29 Å². The lowest BCUT2D eigenvalue weighted by atomic mass is 9.97. The van der Waals surface area contributed by atoms with Crippen molar-refractivity contribution in [2.75, 3.05) is 0 Å². The number of fused-ring (bicyclic) bond motifs is 2. The van der Waals surface area contributed by atoms with Gasteiger partial charge in [0.05, 0.1) is 0 Å². The molecule has 0 amide bonds. The first-order valence-electron chi connectivity index (χ1n) is 7.41. The molecule has 0 saturated heterocycles. The van der Waals surface area contributed by atoms with Gasteiger partial charge in [0.1, 0.15) is 17.3 Å². The summed E-state index contributed by atoms with van der Waals surface area (Å²) in [4.78, 5) is 11.9. The molecule has 22 heavy (non-hydrogen) atoms. The Balaban J connectivity index is 1.89. The summed E-state index contributed by atoms with van der Waals surface area (Å²) in [5.74, 6) is 0. The molecule has 0 saturated carbocycles. The Bertz CT molecular complexity index is 895. The predicted molar refractivity (Wildman–Crippen MR) is 85.7 cm³/mol. The smallest absolute Gasteiger partial charge is 0.146 e. The second kappa shape index (κ2) is 4.67. The fraction of sp³-hybridized carbons (Fsp3) is 0.158. The number of nitrogens with zero attached hydrogens (tertiary/aromatic N) is 1. The summed E-state index contributed by atoms with van der Waals surface area (Å²) in [6.07, 6.45) is 4.15. The Hall–Kier alpha value is -2.68. The van der Waals surface area contributed by atoms with E-state index in [1.54, 1.807) is 10.6 Å². The monoisotopic (exact) mass is 288 g/mol. The minimum atomic E-state index is -0.669. The number of hydrogen-bond acceptors (Lipinski definition) is 2. The van der Waals surface area contributed by atoms with Gasteiger partial charge in [-0.1, -0.05) is 42.5 Å². The quantitative estimate of drug-likeness (QED) is 0.724. The molecule has 108 valence electrons. The second-order valence-electron chi connectivity index (χ2n) is 6.00. The van der Waals surface area contributed by atoms with E-state index in [0.29, 0.717) is 18.3 Å². The summed E-state index contributed by atoms with van der Waals surface area (Å²) in [7, 11) is 0. The van der Waals surface area contributed by atoms with Crippen LogP contribution in [0.1, 0.15) is 11.1 Å². The maximum absolute atomic E-state index is 11.9. The Labute approximate surface area is 128 Å². The van der Waals surface area contributed by atoms with E-state index in [4.69, 9.17) is 5.41 Å². The van der Waals surface area contributed by atoms with E-state index in [9.17, 15) is 4.79 Å². The van der Waals surface area contributed by atoms with E-state index < -0.39 is 5.54 Å². The lowest BCUT2D eigenvalue weighted by molar-refractivity contribution is -0.115. The molecule has 0 unspecified atom stereocenters. The summed E-state index contributed by atoms with van der Waals surface area (Å²) < 4.78 is 1.80. The highest BCUT2D eigenvalue weighted by atomic mass is 16.1. The van der Waals surface area contributed by atoms with Crippen LogP contribution in [-0.2, 0) is 23.2 Å².